The molecule has 2 heterocycles. The summed E-state index contributed by atoms with van der Waals surface area (Å²) in [6.07, 6.45) is 2.51. The maximum absolute atomic E-state index is 11.9. The van der Waals surface area contributed by atoms with E-state index < -0.39 is 21.5 Å². The van der Waals surface area contributed by atoms with E-state index in [0.29, 0.717) is 24.5 Å². The zero-order valence-electron chi connectivity index (χ0n) is 11.8. The highest BCUT2D eigenvalue weighted by Gasteiger charge is 2.45. The third-order valence-electron chi connectivity index (χ3n) is 3.56. The number of sulfonamides is 1. The highest BCUT2D eigenvalue weighted by atomic mass is 32.2. The first-order valence-corrected chi connectivity index (χ1v) is 8.13. The number of aromatic nitrogens is 2. The third-order valence-corrected chi connectivity index (χ3v) is 4.95. The summed E-state index contributed by atoms with van der Waals surface area (Å²) in [4.78, 5) is 19.8. The molecule has 2 rings (SSSR count). The van der Waals surface area contributed by atoms with Crippen molar-refractivity contribution in [2.24, 2.45) is 5.73 Å². The van der Waals surface area contributed by atoms with Crippen LogP contribution in [0.3, 0.4) is 0 Å². The summed E-state index contributed by atoms with van der Waals surface area (Å²) < 4.78 is 25.2. The van der Waals surface area contributed by atoms with E-state index in [9.17, 15) is 13.2 Å². The van der Waals surface area contributed by atoms with Crippen LogP contribution in [0.4, 0.5) is 0 Å². The molecule has 1 saturated heterocycles. The Morgan fingerprint density at radius 2 is 2.10 bits per heavy atom. The lowest BCUT2D eigenvalue weighted by Crippen LogP contribution is -2.43. The minimum absolute atomic E-state index is 0.106. The summed E-state index contributed by atoms with van der Waals surface area (Å²) in [6, 6.07) is 1.49. The Morgan fingerprint density at radius 3 is 2.65 bits per heavy atom. The van der Waals surface area contributed by atoms with Gasteiger partial charge in [-0.25, -0.2) is 18.4 Å². The molecule has 0 spiro atoms. The number of nitrogens with zero attached hydrogens (tertiary/aromatic N) is 3. The smallest absolute Gasteiger partial charge is 0.267 e. The molecular formula is C12H18N4O3S. The molecule has 1 fully saturated rings. The zero-order chi connectivity index (χ0) is 15.1. The van der Waals surface area contributed by atoms with E-state index in [0.717, 1.165) is 6.42 Å². The van der Waals surface area contributed by atoms with Crippen molar-refractivity contribution in [2.75, 3.05) is 12.8 Å². The fourth-order valence-corrected chi connectivity index (χ4v) is 3.99. The van der Waals surface area contributed by atoms with Crippen molar-refractivity contribution < 1.29 is 13.2 Å². The maximum atomic E-state index is 11.9. The number of rotatable bonds is 3. The van der Waals surface area contributed by atoms with Crippen LogP contribution < -0.4 is 5.73 Å². The second-order valence-corrected chi connectivity index (χ2v) is 7.20. The van der Waals surface area contributed by atoms with Crippen LogP contribution in [0.25, 0.3) is 0 Å². The Labute approximate surface area is 118 Å². The lowest BCUT2D eigenvalue weighted by molar-refractivity contribution is 0.0994. The first kappa shape index (κ1) is 14.9. The summed E-state index contributed by atoms with van der Waals surface area (Å²) in [6.45, 7) is 3.93. The Balaban J connectivity index is 2.57. The molecule has 0 aliphatic carbocycles. The summed E-state index contributed by atoms with van der Waals surface area (Å²) >= 11 is 0. The molecule has 1 unspecified atom stereocenters. The molecule has 1 aromatic rings. The van der Waals surface area contributed by atoms with Crippen molar-refractivity contribution in [1.82, 2.24) is 14.3 Å². The molecule has 1 aliphatic heterocycles. The number of amides is 1. The zero-order valence-corrected chi connectivity index (χ0v) is 12.6. The van der Waals surface area contributed by atoms with E-state index in [-0.39, 0.29) is 5.69 Å². The van der Waals surface area contributed by atoms with Crippen LogP contribution in [-0.4, -0.2) is 41.4 Å². The summed E-state index contributed by atoms with van der Waals surface area (Å²) in [5.41, 5.74) is 5.12. The van der Waals surface area contributed by atoms with Gasteiger partial charge in [-0.3, -0.25) is 4.79 Å². The lowest BCUT2D eigenvalue weighted by Gasteiger charge is -2.32. The molecule has 1 atom stereocenters. The standard InChI is InChI=1S/C12H18N4O3S/c1-8-7-9(10(13)17)15-11(14-8)12(2)5-4-6-16(12)20(3,18)19/h7H,4-6H2,1-3H3,(H2,13,17). The number of aryl methyl sites for hydroxylation is 1. The molecule has 0 bridgehead atoms. The highest BCUT2D eigenvalue weighted by Crippen LogP contribution is 2.38. The normalized spacial score (nSPS) is 23.9. The van der Waals surface area contributed by atoms with Gasteiger partial charge in [-0.05, 0) is 32.8 Å². The van der Waals surface area contributed by atoms with Gasteiger partial charge in [0, 0.05) is 12.2 Å². The molecule has 0 radical (unpaired) electrons. The van der Waals surface area contributed by atoms with E-state index in [1.54, 1.807) is 13.8 Å². The van der Waals surface area contributed by atoms with Gasteiger partial charge in [0.2, 0.25) is 10.0 Å². The molecule has 8 heteroatoms. The average Bonchev–Trinajstić information content (AvgIpc) is 2.71. The lowest BCUT2D eigenvalue weighted by atomic mass is 9.99. The fourth-order valence-electron chi connectivity index (χ4n) is 2.63. The Bertz CT molecular complexity index is 659. The predicted molar refractivity (Wildman–Crippen MR) is 73.4 cm³/mol. The molecule has 0 saturated carbocycles. The molecule has 1 aromatic heterocycles. The van der Waals surface area contributed by atoms with Gasteiger partial charge in [-0.2, -0.15) is 4.31 Å². The van der Waals surface area contributed by atoms with E-state index in [1.165, 1.54) is 16.6 Å². The van der Waals surface area contributed by atoms with Crippen molar-refractivity contribution in [2.45, 2.75) is 32.2 Å². The van der Waals surface area contributed by atoms with Crippen molar-refractivity contribution in [3.05, 3.63) is 23.3 Å². The van der Waals surface area contributed by atoms with Gasteiger partial charge in [0.25, 0.3) is 5.91 Å². The van der Waals surface area contributed by atoms with Crippen molar-refractivity contribution in [1.29, 1.82) is 0 Å². The number of nitrogens with two attached hydrogens (primary N) is 1. The van der Waals surface area contributed by atoms with Crippen molar-refractivity contribution >= 4 is 15.9 Å². The molecule has 110 valence electrons. The number of hydrogen-bond acceptors (Lipinski definition) is 5. The van der Waals surface area contributed by atoms with Crippen molar-refractivity contribution in [3.8, 4) is 0 Å². The average molecular weight is 298 g/mol. The van der Waals surface area contributed by atoms with Gasteiger partial charge in [-0.15, -0.1) is 0 Å². The molecule has 1 amide bonds. The van der Waals surface area contributed by atoms with Crippen LogP contribution >= 0.6 is 0 Å². The predicted octanol–water partition coefficient (Wildman–Crippen LogP) is 0.155. The SMILES string of the molecule is Cc1cc(C(N)=O)nc(C2(C)CCCN2S(C)(=O)=O)n1. The minimum atomic E-state index is -3.37. The van der Waals surface area contributed by atoms with Crippen LogP contribution in [0.1, 0.15) is 41.8 Å². The van der Waals surface area contributed by atoms with Crippen LogP contribution in [-0.2, 0) is 15.6 Å². The van der Waals surface area contributed by atoms with Gasteiger partial charge in [0.05, 0.1) is 11.8 Å². The molecule has 0 aromatic carbocycles. The number of hydrogen-bond donors (Lipinski definition) is 1. The molecule has 2 N–H and O–H groups in total. The van der Waals surface area contributed by atoms with E-state index >= 15 is 0 Å². The maximum Gasteiger partial charge on any atom is 0.267 e. The Hall–Kier alpha value is -1.54. The summed E-state index contributed by atoms with van der Waals surface area (Å²) in [5.74, 6) is -0.321. The summed E-state index contributed by atoms with van der Waals surface area (Å²) in [5, 5.41) is 0. The Morgan fingerprint density at radius 1 is 1.45 bits per heavy atom. The topological polar surface area (TPSA) is 106 Å². The van der Waals surface area contributed by atoms with Crippen LogP contribution in [0.5, 0.6) is 0 Å². The van der Waals surface area contributed by atoms with Gasteiger partial charge >= 0.3 is 0 Å². The van der Waals surface area contributed by atoms with E-state index in [2.05, 4.69) is 9.97 Å². The second-order valence-electron chi connectivity index (χ2n) is 5.29. The first-order valence-electron chi connectivity index (χ1n) is 6.28. The van der Waals surface area contributed by atoms with Gasteiger partial charge < -0.3 is 5.73 Å². The molecular weight excluding hydrogens is 280 g/mol. The molecule has 1 aliphatic rings. The van der Waals surface area contributed by atoms with Crippen LogP contribution in [0.2, 0.25) is 0 Å². The monoisotopic (exact) mass is 298 g/mol. The second kappa shape index (κ2) is 4.78. The van der Waals surface area contributed by atoms with Crippen molar-refractivity contribution in [3.63, 3.8) is 0 Å². The molecule has 20 heavy (non-hydrogen) atoms. The molecule has 7 nitrogen and oxygen atoms in total. The van der Waals surface area contributed by atoms with E-state index in [4.69, 9.17) is 5.73 Å². The number of primary amides is 1. The van der Waals surface area contributed by atoms with Crippen LogP contribution in [0, 0.1) is 6.92 Å². The quantitative estimate of drug-likeness (QED) is 0.855. The Kier molecular flexibility index (Phi) is 3.55. The van der Waals surface area contributed by atoms with E-state index in [1.807, 2.05) is 0 Å². The fraction of sp³-hybridized carbons (Fsp3) is 0.583. The van der Waals surface area contributed by atoms with Gasteiger partial charge in [-0.1, -0.05) is 0 Å². The largest absolute Gasteiger partial charge is 0.364 e. The van der Waals surface area contributed by atoms with Gasteiger partial charge in [0.1, 0.15) is 11.5 Å². The minimum Gasteiger partial charge on any atom is -0.364 e. The third kappa shape index (κ3) is 2.53. The number of carbonyl (C=O) groups excluding carboxylic acids is 1. The summed E-state index contributed by atoms with van der Waals surface area (Å²) in [7, 11) is -3.37. The number of carbonyl (C=O) groups is 1. The first-order chi connectivity index (χ1) is 9.14. The van der Waals surface area contributed by atoms with Gasteiger partial charge in [0.15, 0.2) is 0 Å². The highest BCUT2D eigenvalue weighted by molar-refractivity contribution is 7.88. The van der Waals surface area contributed by atoms with Crippen LogP contribution in [0.15, 0.2) is 6.07 Å².